The van der Waals surface area contributed by atoms with Crippen LogP contribution in [-0.2, 0) is 11.3 Å². The quantitative estimate of drug-likeness (QED) is 0.562. The zero-order valence-electron chi connectivity index (χ0n) is 17.2. The highest BCUT2D eigenvalue weighted by atomic mass is 19.1. The van der Waals surface area contributed by atoms with Crippen molar-refractivity contribution >= 4 is 22.7 Å². The van der Waals surface area contributed by atoms with Crippen LogP contribution < -0.4 is 10.7 Å². The molecule has 3 heterocycles. The molecule has 3 aromatic rings. The second-order valence-corrected chi connectivity index (χ2v) is 7.81. The minimum Gasteiger partial charge on any atom is -0.379 e. The molecule has 1 unspecified atom stereocenters. The third-order valence-corrected chi connectivity index (χ3v) is 5.62. The van der Waals surface area contributed by atoms with E-state index < -0.39 is 29.1 Å². The number of ether oxygens (including phenoxy) is 1. The van der Waals surface area contributed by atoms with Gasteiger partial charge in [0.05, 0.1) is 36.8 Å². The van der Waals surface area contributed by atoms with Gasteiger partial charge in [-0.3, -0.25) is 9.69 Å². The molecule has 8 nitrogen and oxygen atoms in total. The average molecular weight is 440 g/mol. The zero-order valence-corrected chi connectivity index (χ0v) is 17.2. The molecule has 10 heteroatoms. The van der Waals surface area contributed by atoms with Crippen LogP contribution in [0.25, 0.3) is 11.0 Å². The first kappa shape index (κ1) is 20.5. The number of hydrazone groups is 1. The van der Waals surface area contributed by atoms with Crippen molar-refractivity contribution in [1.29, 1.82) is 0 Å². The Morgan fingerprint density at radius 2 is 1.97 bits per heavy atom. The number of aromatic amines is 1. The predicted octanol–water partition coefficient (Wildman–Crippen LogP) is 1.78. The molecule has 0 saturated carbocycles. The number of hydrogen-bond donors (Lipinski definition) is 3. The summed E-state index contributed by atoms with van der Waals surface area (Å²) in [6, 6.07) is 8.75. The van der Waals surface area contributed by atoms with Crippen LogP contribution in [0.2, 0.25) is 0 Å². The van der Waals surface area contributed by atoms with E-state index in [-0.39, 0.29) is 6.54 Å². The van der Waals surface area contributed by atoms with E-state index in [0.29, 0.717) is 11.5 Å². The normalized spacial score (nSPS) is 19.1. The summed E-state index contributed by atoms with van der Waals surface area (Å²) in [5, 5.41) is 6.88. The van der Waals surface area contributed by atoms with Gasteiger partial charge in [0.2, 0.25) is 0 Å². The van der Waals surface area contributed by atoms with E-state index in [2.05, 4.69) is 30.7 Å². The van der Waals surface area contributed by atoms with E-state index in [1.54, 1.807) is 0 Å². The Balaban J connectivity index is 1.34. The van der Waals surface area contributed by atoms with Crippen molar-refractivity contribution in [3.05, 3.63) is 65.0 Å². The van der Waals surface area contributed by atoms with Gasteiger partial charge in [0.1, 0.15) is 22.9 Å². The maximum absolute atomic E-state index is 14.0. The van der Waals surface area contributed by atoms with Crippen LogP contribution in [0.4, 0.5) is 8.78 Å². The second kappa shape index (κ2) is 8.64. The van der Waals surface area contributed by atoms with Crippen molar-refractivity contribution in [2.75, 3.05) is 32.8 Å². The summed E-state index contributed by atoms with van der Waals surface area (Å²) in [5.41, 5.74) is 5.46. The lowest BCUT2D eigenvalue weighted by Gasteiger charge is -2.26. The molecule has 2 aromatic carbocycles. The van der Waals surface area contributed by atoms with Crippen molar-refractivity contribution in [2.24, 2.45) is 5.10 Å². The van der Waals surface area contributed by atoms with E-state index in [4.69, 9.17) is 4.74 Å². The number of carbonyl (C=O) groups is 1. The van der Waals surface area contributed by atoms with Crippen LogP contribution in [-0.4, -0.2) is 65.4 Å². The lowest BCUT2D eigenvalue weighted by molar-refractivity contribution is 0.0342. The molecule has 1 saturated heterocycles. The molecule has 2 aliphatic heterocycles. The number of benzene rings is 2. The number of aromatic nitrogens is 2. The van der Waals surface area contributed by atoms with Crippen molar-refractivity contribution in [3.63, 3.8) is 0 Å². The van der Waals surface area contributed by atoms with Crippen LogP contribution in [0.1, 0.15) is 21.7 Å². The Labute approximate surface area is 182 Å². The molecule has 1 aromatic heterocycles. The number of nitrogens with zero attached hydrogens (tertiary/aromatic N) is 3. The zero-order chi connectivity index (χ0) is 22.1. The molecule has 0 aliphatic carbocycles. The number of halogens is 2. The Kier molecular flexibility index (Phi) is 5.54. The van der Waals surface area contributed by atoms with Gasteiger partial charge in [0.15, 0.2) is 5.82 Å². The van der Waals surface area contributed by atoms with Gasteiger partial charge in [0.25, 0.3) is 5.91 Å². The van der Waals surface area contributed by atoms with E-state index in [9.17, 15) is 13.6 Å². The summed E-state index contributed by atoms with van der Waals surface area (Å²) < 4.78 is 33.3. The van der Waals surface area contributed by atoms with Crippen LogP contribution in [0.5, 0.6) is 0 Å². The van der Waals surface area contributed by atoms with E-state index >= 15 is 0 Å². The van der Waals surface area contributed by atoms with Gasteiger partial charge in [-0.25, -0.2) is 13.8 Å². The molecular formula is C22H22F2N6O2. The van der Waals surface area contributed by atoms with Gasteiger partial charge in [-0.15, -0.1) is 0 Å². The van der Waals surface area contributed by atoms with E-state index in [0.717, 1.165) is 61.6 Å². The molecule has 3 N–H and O–H groups in total. The highest BCUT2D eigenvalue weighted by molar-refractivity contribution is 6.07. The fraction of sp³-hybridized carbons (Fsp3) is 0.318. The fourth-order valence-corrected chi connectivity index (χ4v) is 3.97. The molecular weight excluding hydrogens is 418 g/mol. The third kappa shape index (κ3) is 4.06. The first-order valence-electron chi connectivity index (χ1n) is 10.4. The Morgan fingerprint density at radius 3 is 2.75 bits per heavy atom. The first-order valence-corrected chi connectivity index (χ1v) is 10.4. The highest BCUT2D eigenvalue weighted by Crippen LogP contribution is 2.18. The number of imidazole rings is 1. The SMILES string of the molecule is O=C(NC1CNN=C1c1nc2ccc(CN3CCOCC3)cc2[nH]1)c1c(F)cccc1F. The molecule has 1 amide bonds. The summed E-state index contributed by atoms with van der Waals surface area (Å²) in [7, 11) is 0. The van der Waals surface area contributed by atoms with Gasteiger partial charge >= 0.3 is 0 Å². The standard InChI is InChI=1S/C22H22F2N6O2/c23-14-2-1-3-15(24)19(14)22(31)28-18-11-25-29-20(18)21-26-16-5-4-13(10-17(16)27-21)12-30-6-8-32-9-7-30/h1-5,10,18,25H,6-9,11-12H2,(H,26,27)(H,28,31). The molecule has 1 atom stereocenters. The number of hydrogen-bond acceptors (Lipinski definition) is 6. The van der Waals surface area contributed by atoms with E-state index in [1.165, 1.54) is 6.07 Å². The molecule has 0 bridgehead atoms. The van der Waals surface area contributed by atoms with Crippen LogP contribution in [0.15, 0.2) is 41.5 Å². The molecule has 1 fully saturated rings. The summed E-state index contributed by atoms with van der Waals surface area (Å²) >= 11 is 0. The number of fused-ring (bicyclic) bond motifs is 1. The van der Waals surface area contributed by atoms with Crippen LogP contribution in [0.3, 0.4) is 0 Å². The minimum atomic E-state index is -0.913. The molecule has 5 rings (SSSR count). The monoisotopic (exact) mass is 440 g/mol. The summed E-state index contributed by atoms with van der Waals surface area (Å²) in [6.07, 6.45) is 0. The van der Waals surface area contributed by atoms with Crippen molar-refractivity contribution < 1.29 is 18.3 Å². The number of rotatable bonds is 5. The lowest BCUT2D eigenvalue weighted by Crippen LogP contribution is -2.43. The average Bonchev–Trinajstić information content (AvgIpc) is 3.40. The smallest absolute Gasteiger partial charge is 0.257 e. The van der Waals surface area contributed by atoms with Gasteiger partial charge in [0, 0.05) is 19.6 Å². The maximum Gasteiger partial charge on any atom is 0.257 e. The van der Waals surface area contributed by atoms with Crippen molar-refractivity contribution in [1.82, 2.24) is 25.6 Å². The van der Waals surface area contributed by atoms with Gasteiger partial charge in [-0.05, 0) is 29.8 Å². The van der Waals surface area contributed by atoms with Crippen molar-refractivity contribution in [3.8, 4) is 0 Å². The molecule has 0 spiro atoms. The Hall–Kier alpha value is -3.37. The summed E-state index contributed by atoms with van der Waals surface area (Å²) in [6.45, 7) is 4.40. The Bertz CT molecular complexity index is 1170. The molecule has 166 valence electrons. The third-order valence-electron chi connectivity index (χ3n) is 5.62. The van der Waals surface area contributed by atoms with Crippen LogP contribution in [0, 0.1) is 11.6 Å². The number of carbonyl (C=O) groups excluding carboxylic acids is 1. The largest absolute Gasteiger partial charge is 0.379 e. The maximum atomic E-state index is 14.0. The van der Waals surface area contributed by atoms with E-state index in [1.807, 2.05) is 18.2 Å². The molecule has 2 aliphatic rings. The lowest BCUT2D eigenvalue weighted by atomic mass is 10.1. The molecule has 32 heavy (non-hydrogen) atoms. The van der Waals surface area contributed by atoms with Crippen LogP contribution >= 0.6 is 0 Å². The number of nitrogens with one attached hydrogen (secondary N) is 3. The number of amides is 1. The predicted molar refractivity (Wildman–Crippen MR) is 114 cm³/mol. The summed E-state index contributed by atoms with van der Waals surface area (Å²) in [4.78, 5) is 22.7. The number of H-pyrrole nitrogens is 1. The topological polar surface area (TPSA) is 94.6 Å². The van der Waals surface area contributed by atoms with Gasteiger partial charge in [-0.2, -0.15) is 5.10 Å². The highest BCUT2D eigenvalue weighted by Gasteiger charge is 2.29. The first-order chi connectivity index (χ1) is 15.6. The van der Waals surface area contributed by atoms with Gasteiger partial charge in [-0.1, -0.05) is 12.1 Å². The van der Waals surface area contributed by atoms with Gasteiger partial charge < -0.3 is 20.5 Å². The Morgan fingerprint density at radius 1 is 1.19 bits per heavy atom. The fourth-order valence-electron chi connectivity index (χ4n) is 3.97. The van der Waals surface area contributed by atoms with Crippen molar-refractivity contribution in [2.45, 2.75) is 12.6 Å². The minimum absolute atomic E-state index is 0.288. The second-order valence-electron chi connectivity index (χ2n) is 7.81. The number of morpholine rings is 1. The molecule has 0 radical (unpaired) electrons. The summed E-state index contributed by atoms with van der Waals surface area (Å²) in [5.74, 6) is -2.18.